The number of H-pyrrole nitrogens is 1. The highest BCUT2D eigenvalue weighted by Gasteiger charge is 2.15. The number of anilines is 1. The topological polar surface area (TPSA) is 114 Å². The van der Waals surface area contributed by atoms with Crippen molar-refractivity contribution in [3.8, 4) is 11.1 Å². The van der Waals surface area contributed by atoms with Crippen LogP contribution in [0.3, 0.4) is 0 Å². The van der Waals surface area contributed by atoms with Crippen LogP contribution >= 0.6 is 0 Å². The van der Waals surface area contributed by atoms with E-state index in [1.807, 2.05) is 36.4 Å². The fourth-order valence-corrected chi connectivity index (χ4v) is 2.47. The number of nitrogens with zero attached hydrogens (tertiary/aromatic N) is 6. The van der Waals surface area contributed by atoms with Crippen molar-refractivity contribution in [3.63, 3.8) is 0 Å². The number of hydrogen-bond donors (Lipinski definition) is 2. The molecule has 24 heavy (non-hydrogen) atoms. The van der Waals surface area contributed by atoms with Gasteiger partial charge in [-0.2, -0.15) is 5.10 Å². The molecule has 9 heteroatoms. The molecule has 1 aromatic carbocycles. The van der Waals surface area contributed by atoms with Crippen LogP contribution in [0.5, 0.6) is 0 Å². The Morgan fingerprint density at radius 3 is 2.88 bits per heavy atom. The van der Waals surface area contributed by atoms with Crippen molar-refractivity contribution in [2.75, 3.05) is 5.32 Å². The van der Waals surface area contributed by atoms with Crippen LogP contribution in [-0.4, -0.2) is 41.3 Å². The molecule has 9 nitrogen and oxygen atoms in total. The van der Waals surface area contributed by atoms with Crippen molar-refractivity contribution in [2.24, 2.45) is 0 Å². The lowest BCUT2D eigenvalue weighted by Gasteiger charge is -2.06. The minimum absolute atomic E-state index is 0.00838. The molecule has 0 atom stereocenters. The van der Waals surface area contributed by atoms with Gasteiger partial charge in [0.1, 0.15) is 18.7 Å². The van der Waals surface area contributed by atoms with E-state index in [9.17, 15) is 4.79 Å². The number of fused-ring (bicyclic) bond motifs is 1. The summed E-state index contributed by atoms with van der Waals surface area (Å²) in [5, 5.41) is 21.2. The summed E-state index contributed by atoms with van der Waals surface area (Å²) in [5.41, 5.74) is 2.49. The van der Waals surface area contributed by atoms with E-state index in [0.29, 0.717) is 11.5 Å². The molecule has 2 N–H and O–H groups in total. The van der Waals surface area contributed by atoms with Gasteiger partial charge in [0.05, 0.1) is 5.39 Å². The molecule has 0 radical (unpaired) electrons. The molecule has 118 valence electrons. The third-order valence-electron chi connectivity index (χ3n) is 3.50. The molecule has 0 aliphatic heterocycles. The highest BCUT2D eigenvalue weighted by Crippen LogP contribution is 2.31. The first-order chi connectivity index (χ1) is 11.8. The Labute approximate surface area is 135 Å². The molecule has 4 aromatic rings. The highest BCUT2D eigenvalue weighted by molar-refractivity contribution is 6.05. The minimum atomic E-state index is -0.268. The lowest BCUT2D eigenvalue weighted by molar-refractivity contribution is -0.116. The van der Waals surface area contributed by atoms with Gasteiger partial charge in [0, 0.05) is 6.20 Å². The van der Waals surface area contributed by atoms with Gasteiger partial charge in [0.25, 0.3) is 0 Å². The fourth-order valence-electron chi connectivity index (χ4n) is 2.47. The zero-order chi connectivity index (χ0) is 16.4. The number of amides is 1. The van der Waals surface area contributed by atoms with E-state index in [1.54, 1.807) is 6.20 Å². The molecule has 1 amide bonds. The number of tetrazole rings is 1. The van der Waals surface area contributed by atoms with E-state index in [0.717, 1.165) is 16.5 Å². The van der Waals surface area contributed by atoms with Crippen molar-refractivity contribution in [1.29, 1.82) is 0 Å². The standard InChI is InChI=1S/C15H12N8O/c24-12(8-23-9-17-21-22-23)18-15-13-11(10-4-2-1-3-5-10)6-7-16-14(13)19-20-15/h1-7,9H,8H2,(H2,16,18,19,20,24). The number of hydrogen-bond acceptors (Lipinski definition) is 6. The SMILES string of the molecule is O=C(Cn1cnnn1)Nc1[nH]nc2nccc(-c3ccccc3)c12. The lowest BCUT2D eigenvalue weighted by Crippen LogP contribution is -2.19. The highest BCUT2D eigenvalue weighted by atomic mass is 16.2. The number of rotatable bonds is 4. The third kappa shape index (κ3) is 2.58. The van der Waals surface area contributed by atoms with Crippen LogP contribution in [0.2, 0.25) is 0 Å². The number of carbonyl (C=O) groups is 1. The summed E-state index contributed by atoms with van der Waals surface area (Å²) in [6.07, 6.45) is 3.07. The number of nitrogens with one attached hydrogen (secondary N) is 2. The second kappa shape index (κ2) is 5.88. The zero-order valence-electron chi connectivity index (χ0n) is 12.4. The second-order valence-corrected chi connectivity index (χ2v) is 5.08. The molecule has 0 aliphatic carbocycles. The van der Waals surface area contributed by atoms with Gasteiger partial charge in [-0.3, -0.25) is 9.89 Å². The molecule has 3 heterocycles. The molecule has 3 aromatic heterocycles. The Bertz CT molecular complexity index is 977. The second-order valence-electron chi connectivity index (χ2n) is 5.08. The summed E-state index contributed by atoms with van der Waals surface area (Å²) in [6, 6.07) is 11.7. The Balaban J connectivity index is 1.70. The molecule has 0 saturated heterocycles. The molecular weight excluding hydrogens is 308 g/mol. The van der Waals surface area contributed by atoms with E-state index >= 15 is 0 Å². The van der Waals surface area contributed by atoms with Crippen molar-refractivity contribution < 1.29 is 4.79 Å². The maximum atomic E-state index is 12.2. The fraction of sp³-hybridized carbons (Fsp3) is 0.0667. The molecular formula is C15H12N8O. The number of pyridine rings is 1. The first-order valence-electron chi connectivity index (χ1n) is 7.20. The zero-order valence-corrected chi connectivity index (χ0v) is 12.4. The molecule has 0 fully saturated rings. The quantitative estimate of drug-likeness (QED) is 0.585. The molecule has 0 saturated carbocycles. The van der Waals surface area contributed by atoms with Crippen molar-refractivity contribution >= 4 is 22.8 Å². The predicted molar refractivity (Wildman–Crippen MR) is 85.8 cm³/mol. The number of carbonyl (C=O) groups excluding carboxylic acids is 1. The summed E-state index contributed by atoms with van der Waals surface area (Å²) in [7, 11) is 0. The van der Waals surface area contributed by atoms with Gasteiger partial charge in [-0.1, -0.05) is 30.3 Å². The maximum absolute atomic E-state index is 12.2. The van der Waals surface area contributed by atoms with Crippen LogP contribution < -0.4 is 5.32 Å². The van der Waals surface area contributed by atoms with Gasteiger partial charge in [-0.05, 0) is 27.6 Å². The summed E-state index contributed by atoms with van der Waals surface area (Å²) in [6.45, 7) is 0.00838. The molecule has 0 spiro atoms. The molecule has 0 unspecified atom stereocenters. The average Bonchev–Trinajstić information content (AvgIpc) is 3.26. The van der Waals surface area contributed by atoms with Gasteiger partial charge < -0.3 is 5.32 Å². The van der Waals surface area contributed by atoms with Gasteiger partial charge in [-0.25, -0.2) is 9.67 Å². The number of aromatic amines is 1. The van der Waals surface area contributed by atoms with Gasteiger partial charge in [0.15, 0.2) is 5.65 Å². The van der Waals surface area contributed by atoms with Crippen molar-refractivity contribution in [1.82, 2.24) is 35.4 Å². The van der Waals surface area contributed by atoms with Crippen LogP contribution in [0.25, 0.3) is 22.2 Å². The van der Waals surface area contributed by atoms with Crippen LogP contribution in [0.4, 0.5) is 5.82 Å². The average molecular weight is 320 g/mol. The summed E-state index contributed by atoms with van der Waals surface area (Å²) < 4.78 is 1.34. The Morgan fingerprint density at radius 2 is 2.08 bits per heavy atom. The molecule has 0 aliphatic rings. The van der Waals surface area contributed by atoms with Gasteiger partial charge >= 0.3 is 0 Å². The van der Waals surface area contributed by atoms with Gasteiger partial charge in [-0.15, -0.1) is 5.10 Å². The van der Waals surface area contributed by atoms with Crippen LogP contribution in [0, 0.1) is 0 Å². The predicted octanol–water partition coefficient (Wildman–Crippen LogP) is 1.25. The summed E-state index contributed by atoms with van der Waals surface area (Å²) in [4.78, 5) is 16.4. The van der Waals surface area contributed by atoms with Crippen LogP contribution in [0.1, 0.15) is 0 Å². The lowest BCUT2D eigenvalue weighted by atomic mass is 10.0. The third-order valence-corrected chi connectivity index (χ3v) is 3.50. The van der Waals surface area contributed by atoms with Gasteiger partial charge in [0.2, 0.25) is 5.91 Å². The first-order valence-corrected chi connectivity index (χ1v) is 7.20. The van der Waals surface area contributed by atoms with E-state index in [4.69, 9.17) is 0 Å². The van der Waals surface area contributed by atoms with Crippen molar-refractivity contribution in [2.45, 2.75) is 6.54 Å². The molecule has 4 rings (SSSR count). The van der Waals surface area contributed by atoms with E-state index in [-0.39, 0.29) is 12.5 Å². The Kier molecular flexibility index (Phi) is 3.43. The molecule has 0 bridgehead atoms. The smallest absolute Gasteiger partial charge is 0.247 e. The first kappa shape index (κ1) is 14.0. The van der Waals surface area contributed by atoms with Crippen LogP contribution in [0.15, 0.2) is 48.9 Å². The van der Waals surface area contributed by atoms with Crippen LogP contribution in [-0.2, 0) is 11.3 Å². The van der Waals surface area contributed by atoms with E-state index in [1.165, 1.54) is 11.0 Å². The van der Waals surface area contributed by atoms with Crippen molar-refractivity contribution in [3.05, 3.63) is 48.9 Å². The normalized spacial score (nSPS) is 10.8. The number of benzene rings is 1. The largest absolute Gasteiger partial charge is 0.309 e. The summed E-state index contributed by atoms with van der Waals surface area (Å²) >= 11 is 0. The summed E-state index contributed by atoms with van der Waals surface area (Å²) in [5.74, 6) is 0.228. The monoisotopic (exact) mass is 320 g/mol. The Hall–Kier alpha value is -3.62. The minimum Gasteiger partial charge on any atom is -0.309 e. The van der Waals surface area contributed by atoms with E-state index < -0.39 is 0 Å². The maximum Gasteiger partial charge on any atom is 0.247 e. The number of aromatic nitrogens is 7. The van der Waals surface area contributed by atoms with E-state index in [2.05, 4.69) is 36.0 Å². The Morgan fingerprint density at radius 1 is 1.21 bits per heavy atom.